The molecule has 0 fully saturated rings. The summed E-state index contributed by atoms with van der Waals surface area (Å²) in [6.07, 6.45) is 2.18. The Bertz CT molecular complexity index is 468. The molecule has 6 nitrogen and oxygen atoms in total. The third-order valence-electron chi connectivity index (χ3n) is 2.16. The van der Waals surface area contributed by atoms with Gasteiger partial charge >= 0.3 is 0 Å². The summed E-state index contributed by atoms with van der Waals surface area (Å²) in [5.41, 5.74) is 6.41. The Labute approximate surface area is 103 Å². The molecule has 0 amide bonds. The van der Waals surface area contributed by atoms with Crippen LogP contribution in [0, 0.1) is 0 Å². The lowest BCUT2D eigenvalue weighted by Gasteiger charge is -1.93. The van der Waals surface area contributed by atoms with Gasteiger partial charge in [0, 0.05) is 25.5 Å². The van der Waals surface area contributed by atoms with E-state index in [2.05, 4.69) is 15.1 Å². The van der Waals surface area contributed by atoms with Crippen LogP contribution in [0.1, 0.15) is 23.8 Å². The molecule has 2 N–H and O–H groups in total. The van der Waals surface area contributed by atoms with Gasteiger partial charge in [-0.3, -0.25) is 0 Å². The topological polar surface area (TPSA) is 87.1 Å². The van der Waals surface area contributed by atoms with Crippen LogP contribution in [-0.2, 0) is 17.6 Å². The van der Waals surface area contributed by atoms with Gasteiger partial charge in [0.2, 0.25) is 5.89 Å². The van der Waals surface area contributed by atoms with Crippen LogP contribution in [0.25, 0.3) is 0 Å². The van der Waals surface area contributed by atoms with Gasteiger partial charge in [-0.05, 0) is 6.42 Å². The van der Waals surface area contributed by atoms with Crippen LogP contribution < -0.4 is 5.73 Å². The normalized spacial score (nSPS) is 10.9. The number of aromatic nitrogens is 3. The van der Waals surface area contributed by atoms with E-state index in [1.54, 1.807) is 7.11 Å². The quantitative estimate of drug-likeness (QED) is 0.781. The fourth-order valence-corrected chi connectivity index (χ4v) is 1.96. The van der Waals surface area contributed by atoms with E-state index in [1.807, 2.05) is 5.38 Å². The zero-order valence-corrected chi connectivity index (χ0v) is 10.4. The highest BCUT2D eigenvalue weighted by molar-refractivity contribution is 7.13. The smallest absolute Gasteiger partial charge is 0.232 e. The lowest BCUT2D eigenvalue weighted by atomic mass is 10.3. The Kier molecular flexibility index (Phi) is 4.05. The van der Waals surface area contributed by atoms with Crippen LogP contribution in [0.4, 0.5) is 5.13 Å². The average Bonchev–Trinajstić information content (AvgIpc) is 2.90. The molecular formula is C10H14N4O2S. The Morgan fingerprint density at radius 3 is 3.06 bits per heavy atom. The number of nitrogens with two attached hydrogens (primary N) is 1. The first kappa shape index (κ1) is 12.0. The van der Waals surface area contributed by atoms with Crippen molar-refractivity contribution in [3.63, 3.8) is 0 Å². The molecule has 17 heavy (non-hydrogen) atoms. The van der Waals surface area contributed by atoms with Crippen molar-refractivity contribution in [2.24, 2.45) is 0 Å². The van der Waals surface area contributed by atoms with Gasteiger partial charge in [-0.25, -0.2) is 4.98 Å². The average molecular weight is 254 g/mol. The van der Waals surface area contributed by atoms with Gasteiger partial charge in [0.15, 0.2) is 11.0 Å². The van der Waals surface area contributed by atoms with Crippen LogP contribution in [0.15, 0.2) is 9.90 Å². The number of aryl methyl sites for hydroxylation is 1. The molecular weight excluding hydrogens is 240 g/mol. The highest BCUT2D eigenvalue weighted by Gasteiger charge is 2.08. The van der Waals surface area contributed by atoms with Crippen molar-refractivity contribution in [1.82, 2.24) is 15.1 Å². The first-order valence-corrected chi connectivity index (χ1v) is 6.16. The van der Waals surface area contributed by atoms with Gasteiger partial charge in [-0.2, -0.15) is 4.98 Å². The first-order chi connectivity index (χ1) is 8.28. The van der Waals surface area contributed by atoms with E-state index in [4.69, 9.17) is 15.0 Å². The number of anilines is 1. The number of nitrogens with zero attached hydrogens (tertiary/aromatic N) is 3. The van der Waals surface area contributed by atoms with Gasteiger partial charge in [0.25, 0.3) is 0 Å². The summed E-state index contributed by atoms with van der Waals surface area (Å²) >= 11 is 1.41. The van der Waals surface area contributed by atoms with Crippen molar-refractivity contribution in [1.29, 1.82) is 0 Å². The Hall–Kier alpha value is -1.47. The molecule has 0 saturated carbocycles. The van der Waals surface area contributed by atoms with Crippen molar-refractivity contribution >= 4 is 16.5 Å². The maximum Gasteiger partial charge on any atom is 0.232 e. The monoisotopic (exact) mass is 254 g/mol. The number of thiazole rings is 1. The van der Waals surface area contributed by atoms with Crippen molar-refractivity contribution < 1.29 is 9.26 Å². The summed E-state index contributed by atoms with van der Waals surface area (Å²) in [7, 11) is 1.67. The standard InChI is InChI=1S/C10H14N4O2S/c1-15-4-2-3-8-13-9(16-14-8)5-7-6-17-10(11)12-7/h6H,2-5H2,1H3,(H2,11,12). The molecule has 2 heterocycles. The lowest BCUT2D eigenvalue weighted by molar-refractivity contribution is 0.194. The van der Waals surface area contributed by atoms with E-state index in [0.717, 1.165) is 18.5 Å². The summed E-state index contributed by atoms with van der Waals surface area (Å²) in [6, 6.07) is 0. The van der Waals surface area contributed by atoms with Gasteiger partial charge < -0.3 is 15.0 Å². The molecule has 0 spiro atoms. The molecule has 0 atom stereocenters. The summed E-state index contributed by atoms with van der Waals surface area (Å²) in [5.74, 6) is 1.28. The van der Waals surface area contributed by atoms with E-state index in [1.165, 1.54) is 11.3 Å². The molecule has 0 aliphatic rings. The van der Waals surface area contributed by atoms with Gasteiger partial charge in [0.1, 0.15) is 0 Å². The maximum absolute atomic E-state index is 5.55. The fraction of sp³-hybridized carbons (Fsp3) is 0.500. The molecule has 0 aromatic carbocycles. The highest BCUT2D eigenvalue weighted by atomic mass is 32.1. The number of ether oxygens (including phenoxy) is 1. The minimum atomic E-state index is 0.533. The number of methoxy groups -OCH3 is 1. The van der Waals surface area contributed by atoms with Crippen molar-refractivity contribution in [3.8, 4) is 0 Å². The fourth-order valence-electron chi connectivity index (χ4n) is 1.40. The maximum atomic E-state index is 5.55. The Morgan fingerprint density at radius 2 is 2.35 bits per heavy atom. The highest BCUT2D eigenvalue weighted by Crippen LogP contribution is 2.14. The van der Waals surface area contributed by atoms with Crippen LogP contribution in [0.5, 0.6) is 0 Å². The minimum absolute atomic E-state index is 0.533. The number of nitrogen functional groups attached to an aromatic ring is 1. The molecule has 0 bridgehead atoms. The predicted molar refractivity (Wildman–Crippen MR) is 63.8 cm³/mol. The Morgan fingerprint density at radius 1 is 1.47 bits per heavy atom. The predicted octanol–water partition coefficient (Wildman–Crippen LogP) is 1.28. The second-order valence-corrected chi connectivity index (χ2v) is 4.44. The molecule has 92 valence electrons. The summed E-state index contributed by atoms with van der Waals surface area (Å²) < 4.78 is 10.1. The van der Waals surface area contributed by atoms with E-state index >= 15 is 0 Å². The molecule has 0 aliphatic heterocycles. The number of hydrogen-bond donors (Lipinski definition) is 1. The van der Waals surface area contributed by atoms with Crippen LogP contribution >= 0.6 is 11.3 Å². The summed E-state index contributed by atoms with van der Waals surface area (Å²) in [4.78, 5) is 8.42. The molecule has 0 unspecified atom stereocenters. The zero-order chi connectivity index (χ0) is 12.1. The molecule has 0 radical (unpaired) electrons. The lowest BCUT2D eigenvalue weighted by Crippen LogP contribution is -1.95. The third kappa shape index (κ3) is 3.50. The molecule has 7 heteroatoms. The van der Waals surface area contributed by atoms with Crippen LogP contribution in [0.3, 0.4) is 0 Å². The van der Waals surface area contributed by atoms with E-state index in [0.29, 0.717) is 29.9 Å². The van der Waals surface area contributed by atoms with Gasteiger partial charge in [-0.15, -0.1) is 11.3 Å². The first-order valence-electron chi connectivity index (χ1n) is 5.28. The second kappa shape index (κ2) is 5.74. The molecule has 0 saturated heterocycles. The van der Waals surface area contributed by atoms with Gasteiger partial charge in [0.05, 0.1) is 12.1 Å². The second-order valence-electron chi connectivity index (χ2n) is 3.55. The summed E-state index contributed by atoms with van der Waals surface area (Å²) in [5, 5.41) is 6.34. The molecule has 0 aliphatic carbocycles. The van der Waals surface area contributed by atoms with Crippen molar-refractivity contribution in [3.05, 3.63) is 22.8 Å². The van der Waals surface area contributed by atoms with Crippen LogP contribution in [-0.4, -0.2) is 28.8 Å². The zero-order valence-electron chi connectivity index (χ0n) is 9.55. The summed E-state index contributed by atoms with van der Waals surface area (Å²) in [6.45, 7) is 0.701. The molecule has 2 aromatic heterocycles. The number of hydrogen-bond acceptors (Lipinski definition) is 7. The van der Waals surface area contributed by atoms with Gasteiger partial charge in [-0.1, -0.05) is 5.16 Å². The van der Waals surface area contributed by atoms with E-state index in [9.17, 15) is 0 Å². The van der Waals surface area contributed by atoms with Crippen LogP contribution in [0.2, 0.25) is 0 Å². The Balaban J connectivity index is 1.89. The van der Waals surface area contributed by atoms with E-state index < -0.39 is 0 Å². The molecule has 2 rings (SSSR count). The SMILES string of the molecule is COCCCc1noc(Cc2csc(N)n2)n1. The third-order valence-corrected chi connectivity index (χ3v) is 2.88. The largest absolute Gasteiger partial charge is 0.385 e. The van der Waals surface area contributed by atoms with Crippen molar-refractivity contribution in [2.45, 2.75) is 19.3 Å². The molecule has 2 aromatic rings. The number of rotatable bonds is 6. The van der Waals surface area contributed by atoms with Crippen molar-refractivity contribution in [2.75, 3.05) is 19.5 Å². The minimum Gasteiger partial charge on any atom is -0.385 e. The van der Waals surface area contributed by atoms with E-state index in [-0.39, 0.29) is 0 Å².